The van der Waals surface area contributed by atoms with Crippen LogP contribution in [-0.2, 0) is 22.7 Å². The summed E-state index contributed by atoms with van der Waals surface area (Å²) in [4.78, 5) is 3.75. The minimum absolute atomic E-state index is 0.00825. The van der Waals surface area contributed by atoms with E-state index >= 15 is 0 Å². The minimum atomic E-state index is -4.78. The molecule has 0 saturated carbocycles. The van der Waals surface area contributed by atoms with Gasteiger partial charge in [-0.15, -0.1) is 0 Å². The van der Waals surface area contributed by atoms with Gasteiger partial charge in [-0.2, -0.15) is 13.2 Å². The van der Waals surface area contributed by atoms with Crippen molar-refractivity contribution in [2.45, 2.75) is 43.9 Å². The normalized spacial score (nSPS) is 12.9. The molecule has 0 spiro atoms. The van der Waals surface area contributed by atoms with Crippen LogP contribution in [0.2, 0.25) is 0 Å². The fourth-order valence-corrected chi connectivity index (χ4v) is 5.49. The Morgan fingerprint density at radius 3 is 2.30 bits per heavy atom. The monoisotopic (exact) mass is 577 g/mol. The number of nitrogens with zero attached hydrogens (tertiary/aromatic N) is 1. The Labute approximate surface area is 228 Å². The van der Waals surface area contributed by atoms with Gasteiger partial charge in [0.05, 0.1) is 17.8 Å². The predicted octanol–water partition coefficient (Wildman–Crippen LogP) is 6.13. The molecule has 0 bridgehead atoms. The number of halogens is 4. The van der Waals surface area contributed by atoms with Crippen molar-refractivity contribution in [1.82, 2.24) is 9.71 Å². The van der Waals surface area contributed by atoms with Gasteiger partial charge in [0, 0.05) is 18.2 Å². The number of aliphatic hydroxyl groups excluding tert-OH is 1. The van der Waals surface area contributed by atoms with E-state index < -0.39 is 38.5 Å². The molecule has 0 amide bonds. The third kappa shape index (κ3) is 6.87. The van der Waals surface area contributed by atoms with Gasteiger partial charge in [-0.05, 0) is 68.3 Å². The molecule has 7 nitrogen and oxygen atoms in total. The lowest BCUT2D eigenvalue weighted by atomic mass is 10.0. The van der Waals surface area contributed by atoms with Crippen molar-refractivity contribution in [2.75, 3.05) is 11.9 Å². The number of aliphatic hydroxyl groups is 1. The number of oxazole rings is 1. The highest BCUT2D eigenvalue weighted by Crippen LogP contribution is 2.35. The average molecular weight is 578 g/mol. The summed E-state index contributed by atoms with van der Waals surface area (Å²) in [6.45, 7) is 3.07. The number of hydrogen-bond donors (Lipinski definition) is 3. The highest BCUT2D eigenvalue weighted by atomic mass is 32.2. The number of benzene rings is 3. The van der Waals surface area contributed by atoms with Crippen molar-refractivity contribution in [3.05, 3.63) is 101 Å². The van der Waals surface area contributed by atoms with Crippen molar-refractivity contribution in [1.29, 1.82) is 0 Å². The molecule has 3 aromatic carbocycles. The van der Waals surface area contributed by atoms with Gasteiger partial charge in [0.2, 0.25) is 15.9 Å². The fraction of sp³-hybridized carbons (Fsp3) is 0.250. The van der Waals surface area contributed by atoms with Gasteiger partial charge in [-0.3, -0.25) is 0 Å². The van der Waals surface area contributed by atoms with Gasteiger partial charge in [-0.25, -0.2) is 22.5 Å². The van der Waals surface area contributed by atoms with E-state index in [1.54, 1.807) is 31.2 Å². The van der Waals surface area contributed by atoms with E-state index in [1.807, 2.05) is 6.92 Å². The van der Waals surface area contributed by atoms with Crippen LogP contribution in [0.5, 0.6) is 0 Å². The first-order chi connectivity index (χ1) is 18.9. The number of sulfonamides is 1. The zero-order valence-corrected chi connectivity index (χ0v) is 22.4. The minimum Gasteiger partial charge on any atom is -0.441 e. The SMILES string of the molecule is Cc1ccc(C(CCO)NS(=O)(=O)c2cc(C(F)(F)F)ccc2NCc2nc(-c3ccc(F)cc3)oc2C)cc1. The number of anilines is 1. The number of nitrogens with one attached hydrogen (secondary N) is 2. The van der Waals surface area contributed by atoms with Crippen molar-refractivity contribution < 1.29 is 35.5 Å². The summed E-state index contributed by atoms with van der Waals surface area (Å²) in [5.41, 5.74) is 1.17. The second-order valence-corrected chi connectivity index (χ2v) is 10.9. The molecule has 0 aliphatic rings. The molecule has 0 fully saturated rings. The second kappa shape index (κ2) is 11.8. The first-order valence-corrected chi connectivity index (χ1v) is 13.7. The van der Waals surface area contributed by atoms with Gasteiger partial charge in [0.15, 0.2) is 0 Å². The molecular formula is C28H27F4N3O4S. The molecule has 12 heteroatoms. The zero-order chi connectivity index (χ0) is 29.1. The molecule has 3 N–H and O–H groups in total. The molecule has 0 saturated heterocycles. The summed E-state index contributed by atoms with van der Waals surface area (Å²) in [6.07, 6.45) is -4.77. The first-order valence-electron chi connectivity index (χ1n) is 12.2. The maximum Gasteiger partial charge on any atom is 0.416 e. The molecule has 1 aromatic heterocycles. The number of aryl methyl sites for hydroxylation is 2. The Hall–Kier alpha value is -3.74. The molecule has 1 atom stereocenters. The van der Waals surface area contributed by atoms with Crippen molar-refractivity contribution in [2.24, 2.45) is 0 Å². The smallest absolute Gasteiger partial charge is 0.416 e. The number of alkyl halides is 3. The van der Waals surface area contributed by atoms with Gasteiger partial charge in [0.1, 0.15) is 22.2 Å². The van der Waals surface area contributed by atoms with Crippen molar-refractivity contribution in [3.63, 3.8) is 0 Å². The molecule has 0 radical (unpaired) electrons. The fourth-order valence-electron chi connectivity index (χ4n) is 4.03. The highest BCUT2D eigenvalue weighted by molar-refractivity contribution is 7.89. The quantitative estimate of drug-likeness (QED) is 0.196. The maximum absolute atomic E-state index is 13.6. The van der Waals surface area contributed by atoms with Crippen LogP contribution in [0.3, 0.4) is 0 Å². The molecule has 4 aromatic rings. The third-order valence-electron chi connectivity index (χ3n) is 6.22. The Morgan fingerprint density at radius 2 is 1.68 bits per heavy atom. The summed E-state index contributed by atoms with van der Waals surface area (Å²) in [7, 11) is -4.51. The predicted molar refractivity (Wildman–Crippen MR) is 141 cm³/mol. The molecule has 0 aliphatic heterocycles. The Morgan fingerprint density at radius 1 is 1.00 bits per heavy atom. The van der Waals surface area contributed by atoms with Gasteiger partial charge >= 0.3 is 6.18 Å². The van der Waals surface area contributed by atoms with Gasteiger partial charge in [-0.1, -0.05) is 29.8 Å². The Balaban J connectivity index is 1.65. The van der Waals surface area contributed by atoms with E-state index in [4.69, 9.17) is 4.42 Å². The maximum atomic E-state index is 13.6. The van der Waals surface area contributed by atoms with Gasteiger partial charge in [0.25, 0.3) is 0 Å². The zero-order valence-electron chi connectivity index (χ0n) is 21.6. The van der Waals surface area contributed by atoms with Crippen LogP contribution < -0.4 is 10.0 Å². The average Bonchev–Trinajstić information content (AvgIpc) is 3.27. The summed E-state index contributed by atoms with van der Waals surface area (Å²) in [6, 6.07) is 13.9. The largest absolute Gasteiger partial charge is 0.441 e. The summed E-state index contributed by atoms with van der Waals surface area (Å²) < 4.78 is 89.0. The van der Waals surface area contributed by atoms with E-state index in [-0.39, 0.29) is 31.2 Å². The molecule has 0 aliphatic carbocycles. The first kappa shape index (κ1) is 29.2. The lowest BCUT2D eigenvalue weighted by Gasteiger charge is -2.21. The van der Waals surface area contributed by atoms with Crippen LogP contribution >= 0.6 is 0 Å². The van der Waals surface area contributed by atoms with Crippen LogP contribution in [0, 0.1) is 19.7 Å². The molecule has 40 heavy (non-hydrogen) atoms. The second-order valence-electron chi connectivity index (χ2n) is 9.19. The summed E-state index contributed by atoms with van der Waals surface area (Å²) >= 11 is 0. The Bertz CT molecular complexity index is 1570. The number of hydrogen-bond acceptors (Lipinski definition) is 6. The lowest BCUT2D eigenvalue weighted by Crippen LogP contribution is -2.30. The van der Waals surface area contributed by atoms with Crippen molar-refractivity contribution in [3.8, 4) is 11.5 Å². The molecule has 212 valence electrons. The number of aromatic nitrogens is 1. The third-order valence-corrected chi connectivity index (χ3v) is 7.74. The highest BCUT2D eigenvalue weighted by Gasteiger charge is 2.33. The van der Waals surface area contributed by atoms with Crippen molar-refractivity contribution >= 4 is 15.7 Å². The molecular weight excluding hydrogens is 550 g/mol. The van der Waals surface area contributed by atoms with Gasteiger partial charge < -0.3 is 14.8 Å². The van der Waals surface area contributed by atoms with Crippen LogP contribution in [-0.4, -0.2) is 25.1 Å². The van der Waals surface area contributed by atoms with E-state index in [0.717, 1.165) is 17.7 Å². The summed E-state index contributed by atoms with van der Waals surface area (Å²) in [5.74, 6) is 0.173. The molecule has 1 heterocycles. The van der Waals surface area contributed by atoms with E-state index in [9.17, 15) is 31.1 Å². The van der Waals surface area contributed by atoms with E-state index in [2.05, 4.69) is 15.0 Å². The lowest BCUT2D eigenvalue weighted by molar-refractivity contribution is -0.137. The van der Waals surface area contributed by atoms with E-state index in [1.165, 1.54) is 24.3 Å². The van der Waals surface area contributed by atoms with E-state index in [0.29, 0.717) is 28.6 Å². The Kier molecular flexibility index (Phi) is 8.62. The van der Waals surface area contributed by atoms with Crippen LogP contribution in [0.4, 0.5) is 23.2 Å². The van der Waals surface area contributed by atoms with Crippen LogP contribution in [0.15, 0.2) is 76.0 Å². The molecule has 4 rings (SSSR count). The standard InChI is InChI=1S/C28H27F4N3O4S/c1-17-3-5-19(6-4-17)23(13-14-36)35-40(37,38)26-15-21(28(30,31)32)9-12-24(26)33-16-25-18(2)39-27(34-25)20-7-10-22(29)11-8-20/h3-12,15,23,33,35-36H,13-14,16H2,1-2H3. The van der Waals surface area contributed by atoms with Crippen LogP contribution in [0.25, 0.3) is 11.5 Å². The topological polar surface area (TPSA) is 104 Å². The van der Waals surface area contributed by atoms with Crippen LogP contribution in [0.1, 0.15) is 40.6 Å². The summed E-state index contributed by atoms with van der Waals surface area (Å²) in [5, 5.41) is 12.4. The number of rotatable bonds is 10. The molecule has 1 unspecified atom stereocenters.